The number of nitrogens with zero attached hydrogens (tertiary/aromatic N) is 1. The summed E-state index contributed by atoms with van der Waals surface area (Å²) in [4.78, 5) is 13.0. The van der Waals surface area contributed by atoms with E-state index in [0.717, 1.165) is 12.8 Å². The molecule has 0 unspecified atom stereocenters. The van der Waals surface area contributed by atoms with Crippen LogP contribution in [0.2, 0.25) is 5.02 Å². The lowest BCUT2D eigenvalue weighted by Gasteiger charge is -2.26. The Labute approximate surface area is 199 Å². The van der Waals surface area contributed by atoms with Crippen molar-refractivity contribution in [2.75, 3.05) is 44.8 Å². The van der Waals surface area contributed by atoms with E-state index in [9.17, 15) is 13.2 Å². The van der Waals surface area contributed by atoms with Gasteiger partial charge in [-0.25, -0.2) is 8.42 Å². The lowest BCUT2D eigenvalue weighted by Crippen LogP contribution is -2.40. The fourth-order valence-corrected chi connectivity index (χ4v) is 4.85. The van der Waals surface area contributed by atoms with Crippen LogP contribution in [0, 0.1) is 0 Å². The molecule has 1 aliphatic rings. The van der Waals surface area contributed by atoms with Gasteiger partial charge in [0.2, 0.25) is 10.0 Å². The number of anilines is 1. The van der Waals surface area contributed by atoms with Crippen LogP contribution in [-0.2, 0) is 14.8 Å². The summed E-state index contributed by atoms with van der Waals surface area (Å²) in [6, 6.07) is 9.24. The van der Waals surface area contributed by atoms with Gasteiger partial charge in [-0.15, -0.1) is 0 Å². The third kappa shape index (κ3) is 6.38. The molecule has 33 heavy (non-hydrogen) atoms. The monoisotopic (exact) mass is 496 g/mol. The third-order valence-electron chi connectivity index (χ3n) is 4.92. The second-order valence-corrected chi connectivity index (χ2v) is 9.82. The molecule has 0 saturated carbocycles. The number of hydrogen-bond donors (Lipinski definition) is 1. The van der Waals surface area contributed by atoms with Crippen molar-refractivity contribution in [3.63, 3.8) is 0 Å². The molecule has 1 N–H and O–H groups in total. The molecule has 1 amide bonds. The van der Waals surface area contributed by atoms with E-state index >= 15 is 0 Å². The highest BCUT2D eigenvalue weighted by Crippen LogP contribution is 2.32. The normalized spacial score (nSPS) is 14.6. The first kappa shape index (κ1) is 25.3. The van der Waals surface area contributed by atoms with Crippen molar-refractivity contribution in [3.8, 4) is 11.5 Å². The Kier molecular flexibility index (Phi) is 8.96. The van der Waals surface area contributed by atoms with Gasteiger partial charge < -0.3 is 19.5 Å². The predicted molar refractivity (Wildman–Crippen MR) is 127 cm³/mol. The number of carbonyl (C=O) groups is 1. The highest BCUT2D eigenvalue weighted by atomic mass is 35.5. The van der Waals surface area contributed by atoms with Crippen molar-refractivity contribution in [2.24, 2.45) is 0 Å². The van der Waals surface area contributed by atoms with Crippen LogP contribution in [0.15, 0.2) is 41.3 Å². The predicted octanol–water partition coefficient (Wildman–Crippen LogP) is 4.19. The molecule has 2 aromatic carbocycles. The molecule has 0 spiro atoms. The molecule has 0 bridgehead atoms. The Morgan fingerprint density at radius 1 is 1.03 bits per heavy atom. The van der Waals surface area contributed by atoms with Crippen LogP contribution >= 0.6 is 11.6 Å². The molecule has 0 atom stereocenters. The molecule has 8 nitrogen and oxygen atoms in total. The van der Waals surface area contributed by atoms with Gasteiger partial charge in [-0.05, 0) is 43.2 Å². The van der Waals surface area contributed by atoms with Crippen LogP contribution < -0.4 is 14.8 Å². The molecule has 2 aromatic rings. The average Bonchev–Trinajstić information content (AvgIpc) is 2.82. The first-order valence-electron chi connectivity index (χ1n) is 10.9. The average molecular weight is 497 g/mol. The van der Waals surface area contributed by atoms with Crippen LogP contribution in [0.1, 0.15) is 37.0 Å². The number of amides is 1. The Morgan fingerprint density at radius 3 is 2.36 bits per heavy atom. The number of morpholine rings is 1. The van der Waals surface area contributed by atoms with Crippen molar-refractivity contribution in [3.05, 3.63) is 47.0 Å². The zero-order valence-electron chi connectivity index (χ0n) is 18.8. The van der Waals surface area contributed by atoms with Gasteiger partial charge in [0.1, 0.15) is 0 Å². The molecule has 1 aliphatic heterocycles. The molecule has 1 heterocycles. The number of carbonyl (C=O) groups excluding carboxylic acids is 1. The molecule has 0 radical (unpaired) electrons. The Balaban J connectivity index is 1.83. The van der Waals surface area contributed by atoms with Crippen LogP contribution in [-0.4, -0.2) is 58.1 Å². The van der Waals surface area contributed by atoms with Crippen LogP contribution in [0.5, 0.6) is 11.5 Å². The van der Waals surface area contributed by atoms with Gasteiger partial charge in [0.05, 0.1) is 41.9 Å². The van der Waals surface area contributed by atoms with E-state index in [2.05, 4.69) is 5.32 Å². The van der Waals surface area contributed by atoms with Crippen LogP contribution in [0.3, 0.4) is 0 Å². The molecular weight excluding hydrogens is 468 g/mol. The largest absolute Gasteiger partial charge is 0.490 e. The number of sulfonamides is 1. The number of halogens is 1. The maximum Gasteiger partial charge on any atom is 0.257 e. The van der Waals surface area contributed by atoms with Gasteiger partial charge in [-0.3, -0.25) is 4.79 Å². The van der Waals surface area contributed by atoms with Crippen molar-refractivity contribution >= 4 is 33.2 Å². The van der Waals surface area contributed by atoms with E-state index in [1.807, 2.05) is 13.8 Å². The molecule has 180 valence electrons. The molecule has 1 saturated heterocycles. The second kappa shape index (κ2) is 11.7. The molecule has 3 rings (SSSR count). The minimum atomic E-state index is -3.76. The van der Waals surface area contributed by atoms with Gasteiger partial charge in [0.25, 0.3) is 5.91 Å². The van der Waals surface area contributed by atoms with Gasteiger partial charge in [-0.1, -0.05) is 25.4 Å². The van der Waals surface area contributed by atoms with Crippen LogP contribution in [0.25, 0.3) is 0 Å². The fraction of sp³-hybridized carbons (Fsp3) is 0.435. The minimum Gasteiger partial charge on any atom is -0.490 e. The van der Waals surface area contributed by atoms with Crippen molar-refractivity contribution in [1.29, 1.82) is 0 Å². The van der Waals surface area contributed by atoms with E-state index in [0.29, 0.717) is 43.6 Å². The standard InChI is InChI=1S/C23H29ClN2O6S/c1-3-11-31-21-8-5-17(15-22(21)32-12-4-2)25-23(27)19-16-18(6-7-20(19)24)33(28,29)26-9-13-30-14-10-26/h5-8,15-16H,3-4,9-14H2,1-2H3,(H,25,27). The summed E-state index contributed by atoms with van der Waals surface area (Å²) in [5, 5.41) is 2.92. The van der Waals surface area contributed by atoms with Crippen molar-refractivity contribution in [2.45, 2.75) is 31.6 Å². The number of nitrogens with one attached hydrogen (secondary N) is 1. The zero-order chi connectivity index (χ0) is 23.8. The molecule has 0 aliphatic carbocycles. The third-order valence-corrected chi connectivity index (χ3v) is 7.14. The fourth-order valence-electron chi connectivity index (χ4n) is 3.22. The second-order valence-electron chi connectivity index (χ2n) is 7.47. The molecule has 1 fully saturated rings. The van der Waals surface area contributed by atoms with Crippen molar-refractivity contribution in [1.82, 2.24) is 4.31 Å². The topological polar surface area (TPSA) is 94.2 Å². The smallest absolute Gasteiger partial charge is 0.257 e. The highest BCUT2D eigenvalue weighted by Gasteiger charge is 2.27. The van der Waals surface area contributed by atoms with Crippen LogP contribution in [0.4, 0.5) is 5.69 Å². The maximum absolute atomic E-state index is 13.0. The van der Waals surface area contributed by atoms with E-state index < -0.39 is 15.9 Å². The van der Waals surface area contributed by atoms with Gasteiger partial charge in [0, 0.05) is 24.8 Å². The summed E-state index contributed by atoms with van der Waals surface area (Å²) in [7, 11) is -3.76. The summed E-state index contributed by atoms with van der Waals surface area (Å²) in [6.07, 6.45) is 1.68. The maximum atomic E-state index is 13.0. The van der Waals surface area contributed by atoms with Gasteiger partial charge >= 0.3 is 0 Å². The van der Waals surface area contributed by atoms with Crippen molar-refractivity contribution < 1.29 is 27.4 Å². The first-order chi connectivity index (χ1) is 15.9. The highest BCUT2D eigenvalue weighted by molar-refractivity contribution is 7.89. The number of rotatable bonds is 10. The Morgan fingerprint density at radius 2 is 1.70 bits per heavy atom. The van der Waals surface area contributed by atoms with E-state index in [-0.39, 0.29) is 28.6 Å². The SMILES string of the molecule is CCCOc1ccc(NC(=O)c2cc(S(=O)(=O)N3CCOCC3)ccc2Cl)cc1OCCC. The lowest BCUT2D eigenvalue weighted by molar-refractivity contribution is 0.0730. The number of ether oxygens (including phenoxy) is 3. The van der Waals surface area contributed by atoms with E-state index in [1.54, 1.807) is 18.2 Å². The molecule has 10 heteroatoms. The summed E-state index contributed by atoms with van der Waals surface area (Å²) in [6.45, 7) is 6.26. The van der Waals surface area contributed by atoms with E-state index in [4.69, 9.17) is 25.8 Å². The summed E-state index contributed by atoms with van der Waals surface area (Å²) >= 11 is 6.24. The molecule has 0 aromatic heterocycles. The minimum absolute atomic E-state index is 0.00855. The van der Waals surface area contributed by atoms with E-state index in [1.165, 1.54) is 22.5 Å². The Bertz CT molecular complexity index is 1070. The van der Waals surface area contributed by atoms with Gasteiger partial charge in [-0.2, -0.15) is 4.31 Å². The lowest BCUT2D eigenvalue weighted by atomic mass is 10.2. The Hall–Kier alpha value is -2.33. The summed E-state index contributed by atoms with van der Waals surface area (Å²) < 4.78 is 44.0. The quantitative estimate of drug-likeness (QED) is 0.530. The number of hydrogen-bond acceptors (Lipinski definition) is 6. The molecular formula is C23H29ClN2O6S. The summed E-state index contributed by atoms with van der Waals surface area (Å²) in [5.74, 6) is 0.598. The summed E-state index contributed by atoms with van der Waals surface area (Å²) in [5.41, 5.74) is 0.542. The number of benzene rings is 2. The first-order valence-corrected chi connectivity index (χ1v) is 12.8. The van der Waals surface area contributed by atoms with Gasteiger partial charge in [0.15, 0.2) is 11.5 Å². The zero-order valence-corrected chi connectivity index (χ0v) is 20.4.